The Morgan fingerprint density at radius 1 is 1.21 bits per heavy atom. The molecule has 4 nitrogen and oxygen atoms in total. The van der Waals surface area contributed by atoms with Gasteiger partial charge in [0.2, 0.25) is 0 Å². The van der Waals surface area contributed by atoms with Crippen LogP contribution in [0.3, 0.4) is 0 Å². The zero-order valence-corrected chi connectivity index (χ0v) is 14.5. The molecule has 0 bridgehead atoms. The minimum absolute atomic E-state index is 0.215. The van der Waals surface area contributed by atoms with Crippen molar-refractivity contribution in [2.45, 2.75) is 19.9 Å². The van der Waals surface area contributed by atoms with Crippen molar-refractivity contribution in [2.24, 2.45) is 5.92 Å². The van der Waals surface area contributed by atoms with Crippen molar-refractivity contribution < 1.29 is 9.90 Å². The van der Waals surface area contributed by atoms with E-state index in [2.05, 4.69) is 17.6 Å². The molecule has 1 unspecified atom stereocenters. The SMILES string of the molecule is CC(CCO)CNCc1cccc(NC(=O)c2ccccc2Cl)c1. The molecule has 3 N–H and O–H groups in total. The van der Waals surface area contributed by atoms with Crippen LogP contribution in [-0.2, 0) is 6.54 Å². The van der Waals surface area contributed by atoms with Crippen molar-refractivity contribution in [3.8, 4) is 0 Å². The average Bonchev–Trinajstić information content (AvgIpc) is 2.56. The van der Waals surface area contributed by atoms with E-state index < -0.39 is 0 Å². The molecule has 0 heterocycles. The summed E-state index contributed by atoms with van der Waals surface area (Å²) in [6.07, 6.45) is 0.793. The molecule has 2 aromatic rings. The molecule has 0 aliphatic heterocycles. The van der Waals surface area contributed by atoms with E-state index in [0.717, 1.165) is 24.2 Å². The summed E-state index contributed by atoms with van der Waals surface area (Å²) in [5, 5.41) is 15.6. The van der Waals surface area contributed by atoms with E-state index in [4.69, 9.17) is 16.7 Å². The van der Waals surface area contributed by atoms with Gasteiger partial charge in [-0.1, -0.05) is 42.8 Å². The normalized spacial score (nSPS) is 12.0. The number of hydrogen-bond donors (Lipinski definition) is 3. The van der Waals surface area contributed by atoms with Crippen LogP contribution in [0.15, 0.2) is 48.5 Å². The molecular weight excluding hydrogens is 324 g/mol. The van der Waals surface area contributed by atoms with Crippen LogP contribution < -0.4 is 10.6 Å². The number of aliphatic hydroxyl groups is 1. The van der Waals surface area contributed by atoms with Crippen molar-refractivity contribution in [3.05, 3.63) is 64.7 Å². The van der Waals surface area contributed by atoms with Crippen LogP contribution in [0, 0.1) is 5.92 Å². The van der Waals surface area contributed by atoms with E-state index in [1.165, 1.54) is 0 Å². The first kappa shape index (κ1) is 18.5. The highest BCUT2D eigenvalue weighted by Crippen LogP contribution is 2.18. The highest BCUT2D eigenvalue weighted by Gasteiger charge is 2.10. The number of anilines is 1. The lowest BCUT2D eigenvalue weighted by Gasteiger charge is -2.12. The molecule has 0 fully saturated rings. The van der Waals surface area contributed by atoms with Gasteiger partial charge in [-0.3, -0.25) is 4.79 Å². The van der Waals surface area contributed by atoms with Gasteiger partial charge in [0.15, 0.2) is 0 Å². The minimum atomic E-state index is -0.220. The van der Waals surface area contributed by atoms with E-state index in [-0.39, 0.29) is 12.5 Å². The summed E-state index contributed by atoms with van der Waals surface area (Å²) in [6, 6.07) is 14.7. The summed E-state index contributed by atoms with van der Waals surface area (Å²) < 4.78 is 0. The second-order valence-corrected chi connectivity index (χ2v) is 6.29. The number of nitrogens with one attached hydrogen (secondary N) is 2. The lowest BCUT2D eigenvalue weighted by molar-refractivity contribution is 0.102. The van der Waals surface area contributed by atoms with Gasteiger partial charge in [-0.05, 0) is 48.7 Å². The third-order valence-electron chi connectivity index (χ3n) is 3.75. The first-order valence-electron chi connectivity index (χ1n) is 8.06. The molecule has 0 saturated carbocycles. The van der Waals surface area contributed by atoms with Gasteiger partial charge in [0.25, 0.3) is 5.91 Å². The maximum absolute atomic E-state index is 12.3. The molecule has 2 aromatic carbocycles. The van der Waals surface area contributed by atoms with E-state index in [0.29, 0.717) is 23.0 Å². The fraction of sp³-hybridized carbons (Fsp3) is 0.316. The van der Waals surface area contributed by atoms with Crippen LogP contribution in [-0.4, -0.2) is 24.2 Å². The Labute approximate surface area is 147 Å². The summed E-state index contributed by atoms with van der Waals surface area (Å²) in [6.45, 7) is 3.87. The Balaban J connectivity index is 1.93. The van der Waals surface area contributed by atoms with Crippen LogP contribution in [0.5, 0.6) is 0 Å². The van der Waals surface area contributed by atoms with Gasteiger partial charge in [-0.2, -0.15) is 0 Å². The number of halogens is 1. The first-order chi connectivity index (χ1) is 11.6. The molecule has 0 saturated heterocycles. The number of aliphatic hydroxyl groups excluding tert-OH is 1. The maximum Gasteiger partial charge on any atom is 0.257 e. The van der Waals surface area contributed by atoms with Crippen molar-refractivity contribution in [1.29, 1.82) is 0 Å². The number of carbonyl (C=O) groups is 1. The van der Waals surface area contributed by atoms with E-state index in [9.17, 15) is 4.79 Å². The Hall–Kier alpha value is -1.88. The molecule has 0 aliphatic carbocycles. The summed E-state index contributed by atoms with van der Waals surface area (Å²) in [5.74, 6) is 0.209. The molecule has 5 heteroatoms. The largest absolute Gasteiger partial charge is 0.396 e. The predicted octanol–water partition coefficient (Wildman–Crippen LogP) is 3.70. The van der Waals surface area contributed by atoms with Crippen LogP contribution in [0.2, 0.25) is 5.02 Å². The van der Waals surface area contributed by atoms with Gasteiger partial charge in [0.05, 0.1) is 10.6 Å². The van der Waals surface area contributed by atoms with Gasteiger partial charge in [-0.15, -0.1) is 0 Å². The van der Waals surface area contributed by atoms with E-state index >= 15 is 0 Å². The fourth-order valence-corrected chi connectivity index (χ4v) is 2.61. The topological polar surface area (TPSA) is 61.4 Å². The highest BCUT2D eigenvalue weighted by atomic mass is 35.5. The van der Waals surface area contributed by atoms with Crippen LogP contribution in [0.1, 0.15) is 29.3 Å². The Kier molecular flexibility index (Phi) is 7.25. The zero-order chi connectivity index (χ0) is 17.4. The Morgan fingerprint density at radius 2 is 2.00 bits per heavy atom. The van der Waals surface area contributed by atoms with Gasteiger partial charge < -0.3 is 15.7 Å². The predicted molar refractivity (Wildman–Crippen MR) is 98.4 cm³/mol. The first-order valence-corrected chi connectivity index (χ1v) is 8.44. The molecule has 1 atom stereocenters. The lowest BCUT2D eigenvalue weighted by Crippen LogP contribution is -2.21. The van der Waals surface area contributed by atoms with Gasteiger partial charge in [0.1, 0.15) is 0 Å². The van der Waals surface area contributed by atoms with Crippen LogP contribution in [0.4, 0.5) is 5.69 Å². The van der Waals surface area contributed by atoms with Crippen molar-refractivity contribution >= 4 is 23.2 Å². The molecule has 1 amide bonds. The number of benzene rings is 2. The third kappa shape index (κ3) is 5.64. The molecule has 24 heavy (non-hydrogen) atoms. The van der Waals surface area contributed by atoms with E-state index in [1.54, 1.807) is 24.3 Å². The second-order valence-electron chi connectivity index (χ2n) is 5.88. The minimum Gasteiger partial charge on any atom is -0.396 e. The van der Waals surface area contributed by atoms with Crippen molar-refractivity contribution in [2.75, 3.05) is 18.5 Å². The summed E-state index contributed by atoms with van der Waals surface area (Å²) in [5.41, 5.74) is 2.28. The third-order valence-corrected chi connectivity index (χ3v) is 4.08. The standard InChI is InChI=1S/C19H23ClN2O2/c1-14(9-10-23)12-21-13-15-5-4-6-16(11-15)22-19(24)17-7-2-3-8-18(17)20/h2-8,11,14,21,23H,9-10,12-13H2,1H3,(H,22,24). The molecule has 128 valence electrons. The quantitative estimate of drug-likeness (QED) is 0.683. The number of rotatable bonds is 8. The van der Waals surface area contributed by atoms with Gasteiger partial charge >= 0.3 is 0 Å². The van der Waals surface area contributed by atoms with E-state index in [1.807, 2.05) is 24.3 Å². The number of amides is 1. The monoisotopic (exact) mass is 346 g/mol. The molecule has 2 rings (SSSR count). The molecule has 0 aliphatic rings. The lowest BCUT2D eigenvalue weighted by atomic mass is 10.1. The Morgan fingerprint density at radius 3 is 2.75 bits per heavy atom. The summed E-state index contributed by atoms with van der Waals surface area (Å²) in [7, 11) is 0. The highest BCUT2D eigenvalue weighted by molar-refractivity contribution is 6.34. The molecule has 0 spiro atoms. The van der Waals surface area contributed by atoms with Crippen LogP contribution >= 0.6 is 11.6 Å². The summed E-state index contributed by atoms with van der Waals surface area (Å²) >= 11 is 6.05. The van der Waals surface area contributed by atoms with Gasteiger partial charge in [-0.25, -0.2) is 0 Å². The number of carbonyl (C=O) groups excluding carboxylic acids is 1. The average molecular weight is 347 g/mol. The fourth-order valence-electron chi connectivity index (χ4n) is 2.39. The molecule has 0 radical (unpaired) electrons. The van der Waals surface area contributed by atoms with Crippen LogP contribution in [0.25, 0.3) is 0 Å². The molecular formula is C19H23ClN2O2. The summed E-state index contributed by atoms with van der Waals surface area (Å²) in [4.78, 5) is 12.3. The Bertz CT molecular complexity index is 676. The van der Waals surface area contributed by atoms with Gasteiger partial charge in [0, 0.05) is 18.8 Å². The molecule has 0 aromatic heterocycles. The maximum atomic E-state index is 12.3. The zero-order valence-electron chi connectivity index (χ0n) is 13.8. The van der Waals surface area contributed by atoms with Crippen molar-refractivity contribution in [1.82, 2.24) is 5.32 Å². The smallest absolute Gasteiger partial charge is 0.257 e. The second kappa shape index (κ2) is 9.42. The van der Waals surface area contributed by atoms with Crippen molar-refractivity contribution in [3.63, 3.8) is 0 Å². The number of hydrogen-bond acceptors (Lipinski definition) is 3.